The molecule has 6 heteroatoms. The fourth-order valence-electron chi connectivity index (χ4n) is 2.07. The summed E-state index contributed by atoms with van der Waals surface area (Å²) < 4.78 is 4.68. The van der Waals surface area contributed by atoms with Gasteiger partial charge in [0.05, 0.1) is 12.7 Å². The van der Waals surface area contributed by atoms with E-state index >= 15 is 0 Å². The summed E-state index contributed by atoms with van der Waals surface area (Å²) in [6.45, 7) is 0. The van der Waals surface area contributed by atoms with E-state index in [9.17, 15) is 9.59 Å². The highest BCUT2D eigenvalue weighted by Crippen LogP contribution is 2.18. The number of rotatable bonds is 5. The summed E-state index contributed by atoms with van der Waals surface area (Å²) in [6, 6.07) is 11.7. The van der Waals surface area contributed by atoms with Crippen LogP contribution in [0.4, 0.5) is 11.4 Å². The molecule has 0 radical (unpaired) electrons. The summed E-state index contributed by atoms with van der Waals surface area (Å²) in [7, 11) is 1.32. The van der Waals surface area contributed by atoms with E-state index in [-0.39, 0.29) is 12.3 Å². The molecule has 0 aliphatic carbocycles. The number of amides is 1. The first-order valence-corrected chi connectivity index (χ1v) is 7.39. The Morgan fingerprint density at radius 2 is 1.87 bits per heavy atom. The van der Waals surface area contributed by atoms with Crippen LogP contribution in [0, 0.1) is 0 Å². The molecule has 0 aliphatic rings. The van der Waals surface area contributed by atoms with Crippen molar-refractivity contribution in [3.8, 4) is 0 Å². The molecule has 2 aromatic rings. The number of carbonyl (C=O) groups is 2. The van der Waals surface area contributed by atoms with Crippen LogP contribution < -0.4 is 11.1 Å². The van der Waals surface area contributed by atoms with Crippen molar-refractivity contribution in [3.05, 3.63) is 58.6 Å². The Labute approximate surface area is 139 Å². The Kier molecular flexibility index (Phi) is 5.60. The molecule has 0 saturated heterocycles. The molecule has 0 atom stereocenters. The predicted octanol–water partition coefficient (Wildman–Crippen LogP) is 3.28. The van der Waals surface area contributed by atoms with Gasteiger partial charge in [0.2, 0.25) is 5.91 Å². The highest BCUT2D eigenvalue weighted by Gasteiger charge is 2.10. The van der Waals surface area contributed by atoms with E-state index in [2.05, 4.69) is 10.1 Å². The maximum atomic E-state index is 12.0. The van der Waals surface area contributed by atoms with Crippen LogP contribution in [0.15, 0.2) is 42.5 Å². The number of benzene rings is 2. The topological polar surface area (TPSA) is 81.4 Å². The molecular weight excluding hydrogens is 316 g/mol. The number of hydrogen-bond donors (Lipinski definition) is 2. The average molecular weight is 333 g/mol. The van der Waals surface area contributed by atoms with Gasteiger partial charge in [-0.1, -0.05) is 11.6 Å². The first kappa shape index (κ1) is 16.8. The lowest BCUT2D eigenvalue weighted by Crippen LogP contribution is -2.13. The van der Waals surface area contributed by atoms with E-state index < -0.39 is 5.97 Å². The summed E-state index contributed by atoms with van der Waals surface area (Å²) in [5.41, 5.74) is 8.25. The molecule has 0 unspecified atom stereocenters. The van der Waals surface area contributed by atoms with Crippen molar-refractivity contribution in [2.45, 2.75) is 12.8 Å². The zero-order chi connectivity index (χ0) is 16.8. The third-order valence-corrected chi connectivity index (χ3v) is 3.57. The molecule has 0 aliphatic heterocycles. The van der Waals surface area contributed by atoms with Crippen molar-refractivity contribution in [3.63, 3.8) is 0 Å². The second kappa shape index (κ2) is 7.65. The highest BCUT2D eigenvalue weighted by molar-refractivity contribution is 6.30. The third-order valence-electron chi connectivity index (χ3n) is 3.31. The van der Waals surface area contributed by atoms with Crippen LogP contribution in [-0.4, -0.2) is 19.0 Å². The van der Waals surface area contributed by atoms with Crippen LogP contribution in [0.3, 0.4) is 0 Å². The van der Waals surface area contributed by atoms with Crippen LogP contribution >= 0.6 is 11.6 Å². The van der Waals surface area contributed by atoms with E-state index in [0.29, 0.717) is 28.4 Å². The van der Waals surface area contributed by atoms with E-state index in [4.69, 9.17) is 17.3 Å². The van der Waals surface area contributed by atoms with Crippen molar-refractivity contribution < 1.29 is 14.3 Å². The molecule has 5 nitrogen and oxygen atoms in total. The van der Waals surface area contributed by atoms with E-state index in [1.807, 2.05) is 0 Å². The number of esters is 1. The molecule has 120 valence electrons. The second-order valence-electron chi connectivity index (χ2n) is 4.96. The van der Waals surface area contributed by atoms with E-state index in [0.717, 1.165) is 5.56 Å². The fraction of sp³-hybridized carbons (Fsp3) is 0.176. The molecule has 0 saturated carbocycles. The number of nitrogens with two attached hydrogens (primary N) is 1. The Hall–Kier alpha value is -2.53. The molecule has 2 rings (SSSR count). The van der Waals surface area contributed by atoms with Crippen molar-refractivity contribution >= 4 is 34.9 Å². The molecule has 2 aromatic carbocycles. The summed E-state index contributed by atoms with van der Waals surface area (Å²) in [4.78, 5) is 23.5. The van der Waals surface area contributed by atoms with Gasteiger partial charge in [0.25, 0.3) is 0 Å². The largest absolute Gasteiger partial charge is 0.465 e. The Balaban J connectivity index is 1.98. The molecule has 0 bridgehead atoms. The summed E-state index contributed by atoms with van der Waals surface area (Å²) in [6.07, 6.45) is 0.674. The summed E-state index contributed by atoms with van der Waals surface area (Å²) in [5.74, 6) is -0.577. The van der Waals surface area contributed by atoms with Crippen LogP contribution in [0.25, 0.3) is 0 Å². The quantitative estimate of drug-likeness (QED) is 0.650. The van der Waals surface area contributed by atoms with Crippen molar-refractivity contribution in [1.29, 1.82) is 0 Å². The first-order valence-electron chi connectivity index (χ1n) is 7.01. The van der Waals surface area contributed by atoms with Gasteiger partial charge in [-0.15, -0.1) is 0 Å². The lowest BCUT2D eigenvalue weighted by atomic mass is 10.0. The predicted molar refractivity (Wildman–Crippen MR) is 90.6 cm³/mol. The minimum absolute atomic E-state index is 0.143. The monoisotopic (exact) mass is 332 g/mol. The zero-order valence-corrected chi connectivity index (χ0v) is 13.4. The molecule has 0 spiro atoms. The Bertz CT molecular complexity index is 714. The number of ether oxygens (including phenoxy) is 1. The number of anilines is 2. The van der Waals surface area contributed by atoms with Crippen LogP contribution in [0.5, 0.6) is 0 Å². The minimum atomic E-state index is -0.433. The number of hydrogen-bond acceptors (Lipinski definition) is 4. The standard InChI is InChI=1S/C17H17ClN2O3/c1-23-17(22)12-2-8-15(19)11(10-12)3-9-16(21)20-14-6-4-13(18)5-7-14/h2,4-8,10H,3,9,19H2,1H3,(H,20,21). The fourth-order valence-corrected chi connectivity index (χ4v) is 2.20. The normalized spacial score (nSPS) is 10.2. The van der Waals surface area contributed by atoms with E-state index in [1.165, 1.54) is 7.11 Å². The molecule has 0 aromatic heterocycles. The number of aryl methyl sites for hydroxylation is 1. The number of halogens is 1. The van der Waals surface area contributed by atoms with Gasteiger partial charge < -0.3 is 15.8 Å². The number of methoxy groups -OCH3 is 1. The molecule has 1 amide bonds. The molecule has 0 heterocycles. The lowest BCUT2D eigenvalue weighted by molar-refractivity contribution is -0.116. The third kappa shape index (κ3) is 4.72. The van der Waals surface area contributed by atoms with Gasteiger partial charge in [0, 0.05) is 22.8 Å². The average Bonchev–Trinajstić information content (AvgIpc) is 2.55. The number of carbonyl (C=O) groups excluding carboxylic acids is 2. The first-order chi connectivity index (χ1) is 11.0. The highest BCUT2D eigenvalue weighted by atomic mass is 35.5. The van der Waals surface area contributed by atoms with Crippen molar-refractivity contribution in [2.24, 2.45) is 0 Å². The van der Waals surface area contributed by atoms with Crippen LogP contribution in [0.1, 0.15) is 22.3 Å². The van der Waals surface area contributed by atoms with Gasteiger partial charge >= 0.3 is 5.97 Å². The maximum Gasteiger partial charge on any atom is 0.337 e. The summed E-state index contributed by atoms with van der Waals surface area (Å²) >= 11 is 5.79. The van der Waals surface area contributed by atoms with E-state index in [1.54, 1.807) is 42.5 Å². The second-order valence-corrected chi connectivity index (χ2v) is 5.40. The lowest BCUT2D eigenvalue weighted by Gasteiger charge is -2.09. The van der Waals surface area contributed by atoms with Crippen molar-refractivity contribution in [1.82, 2.24) is 0 Å². The Morgan fingerprint density at radius 3 is 2.52 bits per heavy atom. The number of nitrogens with one attached hydrogen (secondary N) is 1. The van der Waals surface area contributed by atoms with Gasteiger partial charge in [0.1, 0.15) is 0 Å². The van der Waals surface area contributed by atoms with Gasteiger partial charge in [0.15, 0.2) is 0 Å². The Morgan fingerprint density at radius 1 is 1.17 bits per heavy atom. The molecule has 0 fully saturated rings. The number of nitrogen functional groups attached to an aromatic ring is 1. The van der Waals surface area contributed by atoms with Gasteiger partial charge in [-0.2, -0.15) is 0 Å². The van der Waals surface area contributed by atoms with Crippen LogP contribution in [0.2, 0.25) is 5.02 Å². The molecular formula is C17H17ClN2O3. The van der Waals surface area contributed by atoms with Crippen molar-refractivity contribution in [2.75, 3.05) is 18.2 Å². The minimum Gasteiger partial charge on any atom is -0.465 e. The smallest absolute Gasteiger partial charge is 0.337 e. The molecule has 23 heavy (non-hydrogen) atoms. The molecule has 3 N–H and O–H groups in total. The van der Waals surface area contributed by atoms with Crippen LogP contribution in [-0.2, 0) is 16.0 Å². The SMILES string of the molecule is COC(=O)c1ccc(N)c(CCC(=O)Nc2ccc(Cl)cc2)c1. The summed E-state index contributed by atoms with van der Waals surface area (Å²) in [5, 5.41) is 3.38. The zero-order valence-electron chi connectivity index (χ0n) is 12.6. The van der Waals surface area contributed by atoms with Gasteiger partial charge in [-0.3, -0.25) is 4.79 Å². The maximum absolute atomic E-state index is 12.0. The van der Waals surface area contributed by atoms with Gasteiger partial charge in [-0.05, 0) is 54.4 Å². The van der Waals surface area contributed by atoms with Gasteiger partial charge in [-0.25, -0.2) is 4.79 Å².